The minimum absolute atomic E-state index is 0.0154. The van der Waals surface area contributed by atoms with Gasteiger partial charge in [0.1, 0.15) is 12.2 Å². The Morgan fingerprint density at radius 1 is 1.47 bits per heavy atom. The molecule has 6 heteroatoms. The SMILES string of the molecule is CC1SCCN(C(=O)Cn2cccc2C(=O)O)C1C. The van der Waals surface area contributed by atoms with E-state index in [0.717, 1.165) is 12.3 Å². The van der Waals surface area contributed by atoms with E-state index in [1.54, 1.807) is 12.3 Å². The van der Waals surface area contributed by atoms with Crippen LogP contribution in [0.3, 0.4) is 0 Å². The summed E-state index contributed by atoms with van der Waals surface area (Å²) in [5.41, 5.74) is 0.153. The first-order chi connectivity index (χ1) is 9.00. The van der Waals surface area contributed by atoms with Crippen molar-refractivity contribution < 1.29 is 14.7 Å². The predicted octanol–water partition coefficient (Wildman–Crippen LogP) is 1.54. The maximum absolute atomic E-state index is 12.3. The number of carboxylic acids is 1. The van der Waals surface area contributed by atoms with Gasteiger partial charge in [0, 0.05) is 29.8 Å². The van der Waals surface area contributed by atoms with Gasteiger partial charge in [0.15, 0.2) is 0 Å². The lowest BCUT2D eigenvalue weighted by Crippen LogP contribution is -2.49. The van der Waals surface area contributed by atoms with Crippen LogP contribution in [0.15, 0.2) is 18.3 Å². The molecular weight excluding hydrogens is 264 g/mol. The zero-order valence-corrected chi connectivity index (χ0v) is 11.9. The summed E-state index contributed by atoms with van der Waals surface area (Å²) in [6, 6.07) is 3.35. The van der Waals surface area contributed by atoms with Crippen molar-refractivity contribution in [1.82, 2.24) is 9.47 Å². The lowest BCUT2D eigenvalue weighted by Gasteiger charge is -2.37. The van der Waals surface area contributed by atoms with Crippen LogP contribution in [-0.2, 0) is 11.3 Å². The van der Waals surface area contributed by atoms with Gasteiger partial charge < -0.3 is 14.6 Å². The summed E-state index contributed by atoms with van der Waals surface area (Å²) in [5, 5.41) is 9.44. The summed E-state index contributed by atoms with van der Waals surface area (Å²) in [6.07, 6.45) is 1.63. The molecule has 5 nitrogen and oxygen atoms in total. The van der Waals surface area contributed by atoms with Crippen molar-refractivity contribution in [2.24, 2.45) is 0 Å². The first-order valence-corrected chi connectivity index (χ1v) is 7.35. The Labute approximate surface area is 116 Å². The minimum Gasteiger partial charge on any atom is -0.477 e. The summed E-state index contributed by atoms with van der Waals surface area (Å²) in [6.45, 7) is 4.99. The fourth-order valence-electron chi connectivity index (χ4n) is 2.27. The second-order valence-electron chi connectivity index (χ2n) is 4.73. The number of carboxylic acid groups (broad SMARTS) is 1. The third-order valence-corrected chi connectivity index (χ3v) is 4.90. The zero-order chi connectivity index (χ0) is 14.0. The van der Waals surface area contributed by atoms with Gasteiger partial charge in [0.25, 0.3) is 0 Å². The third-order valence-electron chi connectivity index (χ3n) is 3.56. The quantitative estimate of drug-likeness (QED) is 0.913. The van der Waals surface area contributed by atoms with Gasteiger partial charge in [-0.1, -0.05) is 6.92 Å². The van der Waals surface area contributed by atoms with Crippen LogP contribution in [0, 0.1) is 0 Å². The van der Waals surface area contributed by atoms with Crippen LogP contribution in [0.5, 0.6) is 0 Å². The topological polar surface area (TPSA) is 62.5 Å². The molecule has 0 spiro atoms. The maximum atomic E-state index is 12.3. The van der Waals surface area contributed by atoms with Crippen molar-refractivity contribution >= 4 is 23.6 Å². The number of carbonyl (C=O) groups excluding carboxylic acids is 1. The highest BCUT2D eigenvalue weighted by Crippen LogP contribution is 2.24. The van der Waals surface area contributed by atoms with E-state index in [-0.39, 0.29) is 24.2 Å². The molecule has 1 aliphatic rings. The molecule has 1 aliphatic heterocycles. The average Bonchev–Trinajstić information content (AvgIpc) is 2.80. The summed E-state index contributed by atoms with van der Waals surface area (Å²) in [7, 11) is 0. The summed E-state index contributed by atoms with van der Waals surface area (Å²) < 4.78 is 1.49. The lowest BCUT2D eigenvalue weighted by molar-refractivity contribution is -0.133. The molecule has 0 aromatic carbocycles. The summed E-state index contributed by atoms with van der Waals surface area (Å²) in [5.74, 6) is -0.0823. The van der Waals surface area contributed by atoms with E-state index >= 15 is 0 Å². The van der Waals surface area contributed by atoms with Gasteiger partial charge in [0.05, 0.1) is 0 Å². The molecule has 1 amide bonds. The number of nitrogens with zero attached hydrogens (tertiary/aromatic N) is 2. The number of rotatable bonds is 3. The third kappa shape index (κ3) is 2.94. The fraction of sp³-hybridized carbons (Fsp3) is 0.538. The largest absolute Gasteiger partial charge is 0.477 e. The van der Waals surface area contributed by atoms with Crippen molar-refractivity contribution in [2.75, 3.05) is 12.3 Å². The van der Waals surface area contributed by atoms with Crippen LogP contribution in [0.4, 0.5) is 0 Å². The molecule has 2 unspecified atom stereocenters. The molecule has 2 heterocycles. The Morgan fingerprint density at radius 3 is 2.89 bits per heavy atom. The monoisotopic (exact) mass is 282 g/mol. The van der Waals surface area contributed by atoms with E-state index in [4.69, 9.17) is 5.11 Å². The first kappa shape index (κ1) is 14.0. The fourth-order valence-corrected chi connectivity index (χ4v) is 3.37. The van der Waals surface area contributed by atoms with E-state index in [1.165, 1.54) is 10.6 Å². The number of carbonyl (C=O) groups is 2. The highest BCUT2D eigenvalue weighted by Gasteiger charge is 2.29. The van der Waals surface area contributed by atoms with E-state index in [9.17, 15) is 9.59 Å². The highest BCUT2D eigenvalue weighted by molar-refractivity contribution is 8.00. The molecule has 1 aromatic heterocycles. The Balaban J connectivity index is 2.08. The molecule has 104 valence electrons. The van der Waals surface area contributed by atoms with Gasteiger partial charge >= 0.3 is 5.97 Å². The number of aromatic nitrogens is 1. The van der Waals surface area contributed by atoms with Crippen LogP contribution in [0.1, 0.15) is 24.3 Å². The number of aromatic carboxylic acids is 1. The van der Waals surface area contributed by atoms with Crippen molar-refractivity contribution in [3.63, 3.8) is 0 Å². The van der Waals surface area contributed by atoms with Gasteiger partial charge in [-0.15, -0.1) is 0 Å². The Hall–Kier alpha value is -1.43. The molecule has 0 aliphatic carbocycles. The van der Waals surface area contributed by atoms with Gasteiger partial charge in [-0.25, -0.2) is 4.79 Å². The van der Waals surface area contributed by atoms with Gasteiger partial charge in [-0.3, -0.25) is 4.79 Å². The standard InChI is InChI=1S/C13H18N2O3S/c1-9-10(2)19-7-6-15(9)12(16)8-14-5-3-4-11(14)13(17)18/h3-5,9-10H,6-8H2,1-2H3,(H,17,18). The molecular formula is C13H18N2O3S. The molecule has 1 N–H and O–H groups in total. The maximum Gasteiger partial charge on any atom is 0.352 e. The molecule has 0 bridgehead atoms. The summed E-state index contributed by atoms with van der Waals surface area (Å²) in [4.78, 5) is 25.2. The van der Waals surface area contributed by atoms with E-state index < -0.39 is 5.97 Å². The second kappa shape index (κ2) is 5.69. The summed E-state index contributed by atoms with van der Waals surface area (Å²) >= 11 is 1.87. The molecule has 0 radical (unpaired) electrons. The number of hydrogen-bond donors (Lipinski definition) is 1. The van der Waals surface area contributed by atoms with Gasteiger partial charge in [-0.2, -0.15) is 11.8 Å². The van der Waals surface area contributed by atoms with Crippen LogP contribution in [0.25, 0.3) is 0 Å². The van der Waals surface area contributed by atoms with Gasteiger partial charge in [0.2, 0.25) is 5.91 Å². The number of thioether (sulfide) groups is 1. The molecule has 19 heavy (non-hydrogen) atoms. The molecule has 1 saturated heterocycles. The Bertz CT molecular complexity index is 486. The highest BCUT2D eigenvalue weighted by atomic mass is 32.2. The van der Waals surface area contributed by atoms with Crippen LogP contribution < -0.4 is 0 Å². The van der Waals surface area contributed by atoms with E-state index in [1.807, 2.05) is 23.6 Å². The molecule has 1 aromatic rings. The Kier molecular flexibility index (Phi) is 4.19. The first-order valence-electron chi connectivity index (χ1n) is 6.30. The second-order valence-corrected chi connectivity index (χ2v) is 6.22. The predicted molar refractivity (Wildman–Crippen MR) is 74.5 cm³/mol. The smallest absolute Gasteiger partial charge is 0.352 e. The van der Waals surface area contributed by atoms with Crippen molar-refractivity contribution in [2.45, 2.75) is 31.7 Å². The average molecular weight is 282 g/mol. The van der Waals surface area contributed by atoms with E-state index in [2.05, 4.69) is 6.92 Å². The lowest BCUT2D eigenvalue weighted by atomic mass is 10.2. The molecule has 2 atom stereocenters. The van der Waals surface area contributed by atoms with Crippen LogP contribution in [0.2, 0.25) is 0 Å². The zero-order valence-electron chi connectivity index (χ0n) is 11.1. The number of hydrogen-bond acceptors (Lipinski definition) is 3. The molecule has 2 rings (SSSR count). The van der Waals surface area contributed by atoms with Crippen molar-refractivity contribution in [3.8, 4) is 0 Å². The Morgan fingerprint density at radius 2 is 2.21 bits per heavy atom. The molecule has 1 fully saturated rings. The van der Waals surface area contributed by atoms with Crippen LogP contribution in [-0.4, -0.2) is 50.0 Å². The van der Waals surface area contributed by atoms with Crippen molar-refractivity contribution in [1.29, 1.82) is 0 Å². The molecule has 0 saturated carbocycles. The van der Waals surface area contributed by atoms with E-state index in [0.29, 0.717) is 5.25 Å². The van der Waals surface area contributed by atoms with Crippen LogP contribution >= 0.6 is 11.8 Å². The minimum atomic E-state index is -1.01. The normalized spacial score (nSPS) is 23.4. The van der Waals surface area contributed by atoms with Gasteiger partial charge in [-0.05, 0) is 19.1 Å². The number of amides is 1. The van der Waals surface area contributed by atoms with Crippen molar-refractivity contribution in [3.05, 3.63) is 24.0 Å².